The molecule has 0 radical (unpaired) electrons. The molecule has 0 aliphatic heterocycles. The molecule has 0 saturated heterocycles. The number of nitrogens with zero attached hydrogens (tertiary/aromatic N) is 1. The van der Waals surface area contributed by atoms with Crippen LogP contribution in [-0.2, 0) is 25.5 Å². The van der Waals surface area contributed by atoms with Crippen LogP contribution in [0, 0.1) is 5.92 Å². The summed E-state index contributed by atoms with van der Waals surface area (Å²) in [4.78, 5) is 26.8. The predicted octanol–water partition coefficient (Wildman–Crippen LogP) is 2.45. The molecule has 130 valence electrons. The summed E-state index contributed by atoms with van der Waals surface area (Å²) in [6.07, 6.45) is 4.03. The summed E-state index contributed by atoms with van der Waals surface area (Å²) >= 11 is 0. The standard InChI is InChI=1S/C16H25NO6/c1-16(2,3)23-7-5-4-6-22-14(18)9-12(15(19)20)8-13-10-21-11-17-13/h10-12H,4-9H2,1-3H3,(H,19,20). The molecule has 1 unspecified atom stereocenters. The molecule has 23 heavy (non-hydrogen) atoms. The van der Waals surface area contributed by atoms with E-state index in [4.69, 9.17) is 19.0 Å². The topological polar surface area (TPSA) is 98.9 Å². The monoisotopic (exact) mass is 327 g/mol. The van der Waals surface area contributed by atoms with Gasteiger partial charge in [0, 0.05) is 13.0 Å². The van der Waals surface area contributed by atoms with E-state index < -0.39 is 17.9 Å². The van der Waals surface area contributed by atoms with Gasteiger partial charge in [-0.15, -0.1) is 0 Å². The second kappa shape index (κ2) is 9.29. The Hall–Kier alpha value is -1.89. The third kappa shape index (κ3) is 8.97. The van der Waals surface area contributed by atoms with Crippen molar-refractivity contribution in [2.24, 2.45) is 5.92 Å². The average Bonchev–Trinajstić information content (AvgIpc) is 2.93. The first kappa shape index (κ1) is 19.2. The van der Waals surface area contributed by atoms with Gasteiger partial charge in [-0.1, -0.05) is 0 Å². The largest absolute Gasteiger partial charge is 0.481 e. The molecule has 0 fully saturated rings. The first-order valence-corrected chi connectivity index (χ1v) is 7.67. The van der Waals surface area contributed by atoms with Crippen molar-refractivity contribution in [1.82, 2.24) is 4.98 Å². The molecule has 1 rings (SSSR count). The smallest absolute Gasteiger partial charge is 0.307 e. The highest BCUT2D eigenvalue weighted by Crippen LogP contribution is 2.13. The number of hydrogen-bond donors (Lipinski definition) is 1. The van der Waals surface area contributed by atoms with Gasteiger partial charge < -0.3 is 19.0 Å². The van der Waals surface area contributed by atoms with Crippen LogP contribution in [0.4, 0.5) is 0 Å². The zero-order valence-electron chi connectivity index (χ0n) is 13.9. The van der Waals surface area contributed by atoms with Gasteiger partial charge in [-0.25, -0.2) is 4.98 Å². The first-order chi connectivity index (χ1) is 10.8. The van der Waals surface area contributed by atoms with Crippen LogP contribution < -0.4 is 0 Å². The van der Waals surface area contributed by atoms with Crippen LogP contribution in [0.5, 0.6) is 0 Å². The van der Waals surface area contributed by atoms with E-state index in [0.717, 1.165) is 6.42 Å². The number of aromatic nitrogens is 1. The Morgan fingerprint density at radius 1 is 1.30 bits per heavy atom. The maximum Gasteiger partial charge on any atom is 0.307 e. The third-order valence-electron chi connectivity index (χ3n) is 3.04. The maximum atomic E-state index is 11.7. The molecule has 0 saturated carbocycles. The van der Waals surface area contributed by atoms with Gasteiger partial charge >= 0.3 is 11.9 Å². The number of esters is 1. The van der Waals surface area contributed by atoms with Crippen molar-refractivity contribution in [2.75, 3.05) is 13.2 Å². The van der Waals surface area contributed by atoms with Crippen molar-refractivity contribution in [1.29, 1.82) is 0 Å². The molecule has 1 N–H and O–H groups in total. The summed E-state index contributed by atoms with van der Waals surface area (Å²) < 4.78 is 15.4. The molecule has 7 nitrogen and oxygen atoms in total. The van der Waals surface area contributed by atoms with E-state index >= 15 is 0 Å². The molecule has 1 aromatic heterocycles. The Kier molecular flexibility index (Phi) is 7.74. The van der Waals surface area contributed by atoms with Crippen LogP contribution in [-0.4, -0.2) is 40.8 Å². The molecule has 0 aliphatic carbocycles. The van der Waals surface area contributed by atoms with Crippen LogP contribution in [0.3, 0.4) is 0 Å². The molecular weight excluding hydrogens is 302 g/mol. The van der Waals surface area contributed by atoms with Gasteiger partial charge in [-0.05, 0) is 33.6 Å². The highest BCUT2D eigenvalue weighted by molar-refractivity contribution is 5.78. The van der Waals surface area contributed by atoms with E-state index in [2.05, 4.69) is 4.98 Å². The minimum atomic E-state index is -1.05. The van der Waals surface area contributed by atoms with Gasteiger partial charge in [0.1, 0.15) is 6.26 Å². The highest BCUT2D eigenvalue weighted by Gasteiger charge is 2.23. The number of carbonyl (C=O) groups excluding carboxylic acids is 1. The van der Waals surface area contributed by atoms with Gasteiger partial charge in [0.2, 0.25) is 0 Å². The van der Waals surface area contributed by atoms with Crippen LogP contribution in [0.1, 0.15) is 45.7 Å². The fourth-order valence-corrected chi connectivity index (χ4v) is 1.87. The highest BCUT2D eigenvalue weighted by atomic mass is 16.5. The van der Waals surface area contributed by atoms with E-state index in [1.54, 1.807) is 0 Å². The van der Waals surface area contributed by atoms with Crippen molar-refractivity contribution in [3.8, 4) is 0 Å². The average molecular weight is 327 g/mol. The van der Waals surface area contributed by atoms with E-state index in [0.29, 0.717) is 18.7 Å². The lowest BCUT2D eigenvalue weighted by Crippen LogP contribution is -2.22. The number of aliphatic carboxylic acids is 1. The zero-order chi connectivity index (χ0) is 17.3. The van der Waals surface area contributed by atoms with Crippen LogP contribution >= 0.6 is 0 Å². The Morgan fingerprint density at radius 2 is 2.00 bits per heavy atom. The van der Waals surface area contributed by atoms with Crippen molar-refractivity contribution in [3.63, 3.8) is 0 Å². The van der Waals surface area contributed by atoms with Gasteiger partial charge in [-0.2, -0.15) is 0 Å². The number of carboxylic acid groups (broad SMARTS) is 1. The summed E-state index contributed by atoms with van der Waals surface area (Å²) in [5.74, 6) is -2.43. The van der Waals surface area contributed by atoms with Gasteiger partial charge in [0.15, 0.2) is 6.39 Å². The van der Waals surface area contributed by atoms with Crippen molar-refractivity contribution in [3.05, 3.63) is 18.4 Å². The van der Waals surface area contributed by atoms with E-state index in [-0.39, 0.29) is 25.0 Å². The maximum absolute atomic E-state index is 11.7. The van der Waals surface area contributed by atoms with Crippen molar-refractivity contribution < 1.29 is 28.6 Å². The number of unbranched alkanes of at least 4 members (excludes halogenated alkanes) is 1. The fraction of sp³-hybridized carbons (Fsp3) is 0.688. The minimum absolute atomic E-state index is 0.139. The number of hydrogen-bond acceptors (Lipinski definition) is 6. The molecule has 1 atom stereocenters. The summed E-state index contributed by atoms with van der Waals surface area (Å²) in [7, 11) is 0. The van der Waals surface area contributed by atoms with Crippen LogP contribution in [0.2, 0.25) is 0 Å². The quantitative estimate of drug-likeness (QED) is 0.520. The summed E-state index contributed by atoms with van der Waals surface area (Å²) in [6, 6.07) is 0. The molecular formula is C16H25NO6. The van der Waals surface area contributed by atoms with Crippen LogP contribution in [0.15, 0.2) is 17.1 Å². The third-order valence-corrected chi connectivity index (χ3v) is 3.04. The summed E-state index contributed by atoms with van der Waals surface area (Å²) in [6.45, 7) is 6.81. The number of ether oxygens (including phenoxy) is 2. The molecule has 1 heterocycles. The predicted molar refractivity (Wildman–Crippen MR) is 81.8 cm³/mol. The first-order valence-electron chi connectivity index (χ1n) is 7.67. The van der Waals surface area contributed by atoms with Gasteiger partial charge in [0.05, 0.1) is 30.2 Å². The molecule has 0 aromatic carbocycles. The van der Waals surface area contributed by atoms with E-state index in [9.17, 15) is 9.59 Å². The number of carbonyl (C=O) groups is 2. The zero-order valence-corrected chi connectivity index (χ0v) is 13.9. The number of rotatable bonds is 10. The lowest BCUT2D eigenvalue weighted by atomic mass is 10.0. The molecule has 1 aromatic rings. The second-order valence-corrected chi connectivity index (χ2v) is 6.31. The Labute approximate surface area is 136 Å². The normalized spacial score (nSPS) is 12.8. The van der Waals surface area contributed by atoms with E-state index in [1.165, 1.54) is 12.7 Å². The Balaban J connectivity index is 2.21. The minimum Gasteiger partial charge on any atom is -0.481 e. The molecule has 0 spiro atoms. The Morgan fingerprint density at radius 3 is 2.57 bits per heavy atom. The number of oxazole rings is 1. The lowest BCUT2D eigenvalue weighted by molar-refractivity contribution is -0.151. The van der Waals surface area contributed by atoms with Crippen molar-refractivity contribution in [2.45, 2.75) is 52.1 Å². The van der Waals surface area contributed by atoms with Gasteiger partial charge in [-0.3, -0.25) is 9.59 Å². The number of carboxylic acids is 1. The molecule has 0 amide bonds. The summed E-state index contributed by atoms with van der Waals surface area (Å²) in [5.41, 5.74) is 0.330. The van der Waals surface area contributed by atoms with Crippen molar-refractivity contribution >= 4 is 11.9 Å². The lowest BCUT2D eigenvalue weighted by Gasteiger charge is -2.19. The van der Waals surface area contributed by atoms with Gasteiger partial charge in [0.25, 0.3) is 0 Å². The van der Waals surface area contributed by atoms with Crippen LogP contribution in [0.25, 0.3) is 0 Å². The Bertz CT molecular complexity index is 477. The SMILES string of the molecule is CC(C)(C)OCCCCOC(=O)CC(Cc1cocn1)C(=O)O. The second-order valence-electron chi connectivity index (χ2n) is 6.31. The van der Waals surface area contributed by atoms with E-state index in [1.807, 2.05) is 20.8 Å². The molecule has 7 heteroatoms. The molecule has 0 aliphatic rings. The molecule has 0 bridgehead atoms. The summed E-state index contributed by atoms with van der Waals surface area (Å²) in [5, 5.41) is 9.16. The fourth-order valence-electron chi connectivity index (χ4n) is 1.87.